The number of allylic oxidation sites excluding steroid dienone is 4. The zero-order valence-corrected chi connectivity index (χ0v) is 12.6. The van der Waals surface area contributed by atoms with Crippen LogP contribution in [0.15, 0.2) is 23.3 Å². The highest BCUT2D eigenvalue weighted by molar-refractivity contribution is 5.10. The molecule has 0 rings (SSSR count). The summed E-state index contributed by atoms with van der Waals surface area (Å²) in [5.74, 6) is 0. The molecule has 0 radical (unpaired) electrons. The molecule has 0 aliphatic carbocycles. The second-order valence-corrected chi connectivity index (χ2v) is 6.85. The second-order valence-electron chi connectivity index (χ2n) is 6.85. The van der Waals surface area contributed by atoms with Crippen LogP contribution in [0.1, 0.15) is 68.2 Å². The first-order chi connectivity index (χ1) is 7.05. The maximum absolute atomic E-state index is 2.38. The number of rotatable bonds is 3. The van der Waals surface area contributed by atoms with Crippen LogP contribution in [-0.4, -0.2) is 0 Å². The Bertz CT molecular complexity index is 233. The highest BCUT2D eigenvalue weighted by atomic mass is 14.2. The summed E-state index contributed by atoms with van der Waals surface area (Å²) in [7, 11) is 0. The molecule has 0 saturated heterocycles. The predicted molar refractivity (Wildman–Crippen MR) is 75.7 cm³/mol. The molecule has 0 amide bonds. The summed E-state index contributed by atoms with van der Waals surface area (Å²) in [5.41, 5.74) is 3.63. The zero-order chi connectivity index (χ0) is 13.0. The molecule has 0 atom stereocenters. The van der Waals surface area contributed by atoms with Gasteiger partial charge >= 0.3 is 0 Å². The Morgan fingerprint density at radius 1 is 0.688 bits per heavy atom. The Labute approximate surface area is 103 Å². The minimum absolute atomic E-state index is 0.322. The van der Waals surface area contributed by atoms with Gasteiger partial charge in [-0.1, -0.05) is 64.8 Å². The first-order valence-corrected chi connectivity index (χ1v) is 6.39. The molecule has 0 unspecified atom stereocenters. The minimum Gasteiger partial charge on any atom is -0.0848 e. The third-order valence-electron chi connectivity index (χ3n) is 3.43. The lowest BCUT2D eigenvalue weighted by Gasteiger charge is -2.20. The van der Waals surface area contributed by atoms with E-state index >= 15 is 0 Å². The lowest BCUT2D eigenvalue weighted by atomic mass is 9.86. The van der Waals surface area contributed by atoms with Gasteiger partial charge in [0.2, 0.25) is 0 Å². The van der Waals surface area contributed by atoms with Crippen LogP contribution in [-0.2, 0) is 0 Å². The van der Waals surface area contributed by atoms with Crippen LogP contribution >= 0.6 is 0 Å². The summed E-state index contributed by atoms with van der Waals surface area (Å²) < 4.78 is 0. The third-order valence-corrected chi connectivity index (χ3v) is 3.43. The van der Waals surface area contributed by atoms with Crippen molar-refractivity contribution in [3.05, 3.63) is 23.3 Å². The summed E-state index contributed by atoms with van der Waals surface area (Å²) in [6.45, 7) is 18.1. The van der Waals surface area contributed by atoms with E-state index in [1.54, 1.807) is 0 Å². The Morgan fingerprint density at radius 2 is 0.938 bits per heavy atom. The molecule has 0 fully saturated rings. The van der Waals surface area contributed by atoms with E-state index in [9.17, 15) is 0 Å². The molecule has 16 heavy (non-hydrogen) atoms. The molecule has 0 bridgehead atoms. The molecule has 0 aliphatic rings. The van der Waals surface area contributed by atoms with Crippen LogP contribution < -0.4 is 0 Å². The van der Waals surface area contributed by atoms with Crippen LogP contribution in [0, 0.1) is 10.8 Å². The standard InChI is InChI=1S/C16H30/c1-13(15(3,4)5)11-9-10-12-14(2)16(6,7)8/h11-12H,9-10H2,1-8H3/b13-11+,14-12+. The van der Waals surface area contributed by atoms with E-state index < -0.39 is 0 Å². The van der Waals surface area contributed by atoms with Crippen molar-refractivity contribution in [3.63, 3.8) is 0 Å². The fourth-order valence-corrected chi connectivity index (χ4v) is 1.21. The molecule has 94 valence electrons. The van der Waals surface area contributed by atoms with Gasteiger partial charge in [-0.25, -0.2) is 0 Å². The minimum atomic E-state index is 0.322. The summed E-state index contributed by atoms with van der Waals surface area (Å²) in [6.07, 6.45) is 7.09. The van der Waals surface area contributed by atoms with Crippen LogP contribution in [0.5, 0.6) is 0 Å². The fraction of sp³-hybridized carbons (Fsp3) is 0.750. The first-order valence-electron chi connectivity index (χ1n) is 6.39. The Hall–Kier alpha value is -0.520. The van der Waals surface area contributed by atoms with Crippen LogP contribution in [0.4, 0.5) is 0 Å². The van der Waals surface area contributed by atoms with E-state index in [1.165, 1.54) is 11.1 Å². The van der Waals surface area contributed by atoms with E-state index in [0.717, 1.165) is 12.8 Å². The van der Waals surface area contributed by atoms with E-state index in [4.69, 9.17) is 0 Å². The van der Waals surface area contributed by atoms with Crippen molar-refractivity contribution in [3.8, 4) is 0 Å². The maximum atomic E-state index is 2.38. The van der Waals surface area contributed by atoms with Crippen molar-refractivity contribution >= 4 is 0 Å². The summed E-state index contributed by atoms with van der Waals surface area (Å²) in [5, 5.41) is 0. The summed E-state index contributed by atoms with van der Waals surface area (Å²) >= 11 is 0. The first kappa shape index (κ1) is 15.5. The van der Waals surface area contributed by atoms with E-state index in [2.05, 4.69) is 67.5 Å². The van der Waals surface area contributed by atoms with E-state index in [0.29, 0.717) is 10.8 Å². The maximum Gasteiger partial charge on any atom is -0.0176 e. The largest absolute Gasteiger partial charge is 0.0848 e. The Kier molecular flexibility index (Phi) is 5.52. The molecule has 0 aromatic heterocycles. The third kappa shape index (κ3) is 6.15. The van der Waals surface area contributed by atoms with Crippen molar-refractivity contribution in [2.45, 2.75) is 68.2 Å². The van der Waals surface area contributed by atoms with Gasteiger partial charge in [0.1, 0.15) is 0 Å². The summed E-state index contributed by atoms with van der Waals surface area (Å²) in [4.78, 5) is 0. The number of hydrogen-bond donors (Lipinski definition) is 0. The van der Waals surface area contributed by atoms with Crippen LogP contribution in [0.25, 0.3) is 0 Å². The van der Waals surface area contributed by atoms with Crippen LogP contribution in [0.2, 0.25) is 0 Å². The summed E-state index contributed by atoms with van der Waals surface area (Å²) in [6, 6.07) is 0. The van der Waals surface area contributed by atoms with Gasteiger partial charge in [-0.3, -0.25) is 0 Å². The second kappa shape index (κ2) is 5.70. The van der Waals surface area contributed by atoms with Crippen molar-refractivity contribution < 1.29 is 0 Å². The highest BCUT2D eigenvalue weighted by Gasteiger charge is 2.12. The molecule has 0 aromatic rings. The number of unbranched alkanes of at least 4 members (excludes halogenated alkanes) is 1. The average molecular weight is 222 g/mol. The normalized spacial score (nSPS) is 15.5. The van der Waals surface area contributed by atoms with Gasteiger partial charge in [-0.05, 0) is 37.5 Å². The van der Waals surface area contributed by atoms with Gasteiger partial charge in [-0.15, -0.1) is 0 Å². The Balaban J connectivity index is 4.21. The molecule has 0 saturated carbocycles. The highest BCUT2D eigenvalue weighted by Crippen LogP contribution is 2.26. The molecule has 0 nitrogen and oxygen atoms in total. The lowest BCUT2D eigenvalue weighted by Crippen LogP contribution is -2.07. The molecule has 0 heteroatoms. The quantitative estimate of drug-likeness (QED) is 0.421. The monoisotopic (exact) mass is 222 g/mol. The van der Waals surface area contributed by atoms with Crippen molar-refractivity contribution in [2.24, 2.45) is 10.8 Å². The Morgan fingerprint density at radius 3 is 1.12 bits per heavy atom. The SMILES string of the molecule is C/C(=C\CC/C=C(\C)C(C)(C)C)C(C)(C)C. The number of hydrogen-bond acceptors (Lipinski definition) is 0. The lowest BCUT2D eigenvalue weighted by molar-refractivity contribution is 0.498. The van der Waals surface area contributed by atoms with Crippen LogP contribution in [0.3, 0.4) is 0 Å². The van der Waals surface area contributed by atoms with Crippen molar-refractivity contribution in [2.75, 3.05) is 0 Å². The van der Waals surface area contributed by atoms with Gasteiger partial charge < -0.3 is 0 Å². The van der Waals surface area contributed by atoms with Gasteiger partial charge in [0.05, 0.1) is 0 Å². The smallest absolute Gasteiger partial charge is 0.0176 e. The molecule has 0 heterocycles. The zero-order valence-electron chi connectivity index (χ0n) is 12.6. The molecule has 0 aliphatic heterocycles. The molecule has 0 aromatic carbocycles. The fourth-order valence-electron chi connectivity index (χ4n) is 1.21. The van der Waals surface area contributed by atoms with Gasteiger partial charge in [-0.2, -0.15) is 0 Å². The van der Waals surface area contributed by atoms with Crippen molar-refractivity contribution in [1.29, 1.82) is 0 Å². The van der Waals surface area contributed by atoms with E-state index in [-0.39, 0.29) is 0 Å². The van der Waals surface area contributed by atoms with Gasteiger partial charge in [0, 0.05) is 0 Å². The van der Waals surface area contributed by atoms with Gasteiger partial charge in [0.15, 0.2) is 0 Å². The molecule has 0 N–H and O–H groups in total. The molecular formula is C16H30. The molecule has 0 spiro atoms. The molecular weight excluding hydrogens is 192 g/mol. The predicted octanol–water partition coefficient (Wildman–Crippen LogP) is 5.75. The van der Waals surface area contributed by atoms with Crippen molar-refractivity contribution in [1.82, 2.24) is 0 Å². The topological polar surface area (TPSA) is 0 Å². The van der Waals surface area contributed by atoms with E-state index in [1.807, 2.05) is 0 Å². The van der Waals surface area contributed by atoms with Gasteiger partial charge in [0.25, 0.3) is 0 Å². The average Bonchev–Trinajstić information content (AvgIpc) is 2.08.